The van der Waals surface area contributed by atoms with Crippen molar-refractivity contribution < 1.29 is 47.0 Å². The molecule has 21 nitrogen and oxygen atoms in total. The molecule has 5 heterocycles. The molecule has 0 bridgehead atoms. The van der Waals surface area contributed by atoms with Gasteiger partial charge in [-0.15, -0.1) is 16.6 Å². The maximum atomic E-state index is 14.0. The van der Waals surface area contributed by atoms with Crippen LogP contribution in [0.3, 0.4) is 0 Å². The third-order valence-corrected chi connectivity index (χ3v) is 10.2. The zero-order valence-corrected chi connectivity index (χ0v) is 36.5. The molecule has 2 aliphatic rings. The highest BCUT2D eigenvalue weighted by atomic mass is 35.5. The number of carbonyl (C=O) groups excluding carboxylic acids is 2. The van der Waals surface area contributed by atoms with Crippen LogP contribution in [0.15, 0.2) is 12.4 Å². The minimum absolute atomic E-state index is 0. The maximum absolute atomic E-state index is 14.0. The number of terminal acetylenes is 1. The number of nitrogens with zero attached hydrogens (tertiary/aromatic N) is 13. The first-order chi connectivity index (χ1) is 29.3. The minimum atomic E-state index is -0.541. The third-order valence-electron chi connectivity index (χ3n) is 10.2. The topological polar surface area (TPSA) is 235 Å². The number of carbonyl (C=O) groups is 2. The number of aryl methyl sites for hydroxylation is 1. The molecule has 0 spiro atoms. The molecule has 5 N–H and O–H groups in total. The van der Waals surface area contributed by atoms with E-state index < -0.39 is 12.1 Å². The van der Waals surface area contributed by atoms with Crippen molar-refractivity contribution in [1.29, 1.82) is 0 Å². The maximum Gasteiger partial charge on any atom is 0.247 e. The Balaban J connectivity index is 0.00000819. The number of piperazine rings is 2. The highest BCUT2D eigenvalue weighted by molar-refractivity contribution is 5.80. The lowest BCUT2D eigenvalue weighted by atomic mass is 10.1. The van der Waals surface area contributed by atoms with Gasteiger partial charge in [-0.3, -0.25) is 9.59 Å². The molecule has 3 aromatic rings. The number of amides is 2. The van der Waals surface area contributed by atoms with Crippen LogP contribution in [0.2, 0.25) is 0 Å². The zero-order valence-electron chi connectivity index (χ0n) is 35.7. The molecule has 0 radical (unpaired) electrons. The highest BCUT2D eigenvalue weighted by Crippen LogP contribution is 2.23. The standard InChI is InChI=1S/C39H63N15O6.ClH/c1-4-6-9-32-29-54(48-45-32)34(10-7-8-11-40)36(57)50-15-19-52(20-16-50)39-43-37(41-12-22-59-24-26-60-25-23-58-21-5-2)42-38(44-39)51-17-13-49(14-18-51)35(56)30-53-28-33(46-47-53)27-31(3)55;/h2,28-29,31,34,55H,4,6-27,30,40H2,1,3H3,(H,41,42,43,44);1H. The largest absolute Gasteiger partial charge is 1.00 e. The fourth-order valence-corrected chi connectivity index (χ4v) is 6.89. The minimum Gasteiger partial charge on any atom is -1.00 e. The number of quaternary nitrogens is 1. The second-order valence-electron chi connectivity index (χ2n) is 15.0. The summed E-state index contributed by atoms with van der Waals surface area (Å²) in [5.74, 6) is 3.82. The zero-order chi connectivity index (χ0) is 42.5. The lowest BCUT2D eigenvalue weighted by Gasteiger charge is -2.37. The molecule has 338 valence electrons. The summed E-state index contributed by atoms with van der Waals surface area (Å²) in [4.78, 5) is 49.6. The second-order valence-corrected chi connectivity index (χ2v) is 15.0. The fraction of sp³-hybridized carbons (Fsp3) is 0.718. The van der Waals surface area contributed by atoms with E-state index >= 15 is 0 Å². The molecule has 2 aliphatic heterocycles. The van der Waals surface area contributed by atoms with Crippen LogP contribution in [0.1, 0.15) is 63.4 Å². The van der Waals surface area contributed by atoms with Gasteiger partial charge in [0.1, 0.15) is 19.2 Å². The van der Waals surface area contributed by atoms with Crippen LogP contribution in [0.4, 0.5) is 17.8 Å². The molecule has 2 amide bonds. The van der Waals surface area contributed by atoms with Crippen LogP contribution in [-0.2, 0) is 43.2 Å². The van der Waals surface area contributed by atoms with E-state index in [0.717, 1.165) is 44.3 Å². The van der Waals surface area contributed by atoms with Crippen LogP contribution >= 0.6 is 0 Å². The molecule has 61 heavy (non-hydrogen) atoms. The Hall–Kier alpha value is -4.72. The summed E-state index contributed by atoms with van der Waals surface area (Å²) >= 11 is 0. The van der Waals surface area contributed by atoms with Gasteiger partial charge in [-0.05, 0) is 39.0 Å². The van der Waals surface area contributed by atoms with E-state index in [9.17, 15) is 14.7 Å². The Morgan fingerprint density at radius 3 is 2.13 bits per heavy atom. The Morgan fingerprint density at radius 2 is 1.49 bits per heavy atom. The Kier molecular flexibility index (Phi) is 21.3. The molecule has 22 heteroatoms. The van der Waals surface area contributed by atoms with Crippen LogP contribution in [0.25, 0.3) is 0 Å². The summed E-state index contributed by atoms with van der Waals surface area (Å²) in [7, 11) is 0. The van der Waals surface area contributed by atoms with Crippen molar-refractivity contribution in [2.75, 3.05) is 120 Å². The molecule has 3 aromatic heterocycles. The van der Waals surface area contributed by atoms with E-state index in [1.54, 1.807) is 22.7 Å². The molecular weight excluding hydrogens is 810 g/mol. The second kappa shape index (κ2) is 26.6. The summed E-state index contributed by atoms with van der Waals surface area (Å²) in [5, 5.41) is 29.8. The van der Waals surface area contributed by atoms with E-state index in [1.165, 1.54) is 4.68 Å². The van der Waals surface area contributed by atoms with Gasteiger partial charge in [0.15, 0.2) is 0 Å². The van der Waals surface area contributed by atoms with Crippen LogP contribution < -0.4 is 33.3 Å². The molecule has 0 saturated carbocycles. The average Bonchev–Trinajstić information content (AvgIpc) is 3.92. The monoisotopic (exact) mass is 873 g/mol. The summed E-state index contributed by atoms with van der Waals surface area (Å²) < 4.78 is 19.7. The van der Waals surface area contributed by atoms with Crippen molar-refractivity contribution in [3.8, 4) is 12.3 Å². The van der Waals surface area contributed by atoms with Gasteiger partial charge in [-0.25, -0.2) is 9.36 Å². The lowest BCUT2D eigenvalue weighted by Crippen LogP contribution is -3.00. The van der Waals surface area contributed by atoms with Crippen molar-refractivity contribution in [2.45, 2.75) is 77.5 Å². The summed E-state index contributed by atoms with van der Waals surface area (Å²) in [5.41, 5.74) is 5.53. The van der Waals surface area contributed by atoms with Crippen molar-refractivity contribution in [2.24, 2.45) is 0 Å². The third kappa shape index (κ3) is 15.9. The van der Waals surface area contributed by atoms with Crippen molar-refractivity contribution >= 4 is 29.7 Å². The molecular formula is C39H64ClN15O6. The van der Waals surface area contributed by atoms with Gasteiger partial charge in [0.25, 0.3) is 0 Å². The molecule has 0 aromatic carbocycles. The SMILES string of the molecule is C#CCOCCOCCOCCNc1nc(N2CCN(C(=O)Cn3cc(CC(C)O)nn3)CC2)nc(N2CCN(C(=O)C(CCCC[NH3+])n3cc(CCCC)nn3)CC2)n1.[Cl-]. The molecule has 2 atom stereocenters. The Labute approximate surface area is 364 Å². The van der Waals surface area contributed by atoms with Gasteiger partial charge < -0.3 is 62.4 Å². The predicted octanol–water partition coefficient (Wildman–Crippen LogP) is -3.93. The quantitative estimate of drug-likeness (QED) is 0.0516. The Bertz CT molecular complexity index is 1780. The summed E-state index contributed by atoms with van der Waals surface area (Å²) in [6.07, 6.45) is 14.1. The molecule has 2 fully saturated rings. The number of hydrogen-bond donors (Lipinski definition) is 3. The number of ether oxygens (including phenoxy) is 3. The van der Waals surface area contributed by atoms with Crippen molar-refractivity contribution in [3.63, 3.8) is 0 Å². The van der Waals surface area contributed by atoms with Gasteiger partial charge >= 0.3 is 0 Å². The molecule has 2 unspecified atom stereocenters. The number of rotatable bonds is 26. The summed E-state index contributed by atoms with van der Waals surface area (Å²) in [6.45, 7) is 11.7. The number of nitrogens with one attached hydrogen (secondary N) is 1. The van der Waals surface area contributed by atoms with E-state index in [2.05, 4.69) is 54.3 Å². The lowest BCUT2D eigenvalue weighted by molar-refractivity contribution is -0.368. The molecule has 2 saturated heterocycles. The van der Waals surface area contributed by atoms with Gasteiger partial charge in [-0.2, -0.15) is 15.0 Å². The highest BCUT2D eigenvalue weighted by Gasteiger charge is 2.31. The number of aliphatic hydroxyl groups is 1. The number of halogens is 1. The summed E-state index contributed by atoms with van der Waals surface area (Å²) in [6, 6.07) is -0.415. The normalized spacial score (nSPS) is 15.3. The van der Waals surface area contributed by atoms with Gasteiger partial charge in [-0.1, -0.05) is 29.7 Å². The number of unbranched alkanes of at least 4 members (excludes halogenated alkanes) is 2. The fourth-order valence-electron chi connectivity index (χ4n) is 6.89. The predicted molar refractivity (Wildman–Crippen MR) is 222 cm³/mol. The first kappa shape index (κ1) is 48.9. The van der Waals surface area contributed by atoms with Crippen LogP contribution in [-0.4, -0.2) is 183 Å². The smallest absolute Gasteiger partial charge is 0.247 e. The number of hydrogen-bond acceptors (Lipinski definition) is 16. The number of anilines is 3. The van der Waals surface area contributed by atoms with Crippen molar-refractivity contribution in [3.05, 3.63) is 23.8 Å². The molecule has 5 rings (SSSR count). The van der Waals surface area contributed by atoms with E-state index in [4.69, 9.17) is 35.6 Å². The van der Waals surface area contributed by atoms with Gasteiger partial charge in [0.05, 0.1) is 57.1 Å². The van der Waals surface area contributed by atoms with Crippen molar-refractivity contribution in [1.82, 2.24) is 54.7 Å². The Morgan fingerprint density at radius 1 is 0.852 bits per heavy atom. The van der Waals surface area contributed by atoms with Crippen LogP contribution in [0.5, 0.6) is 0 Å². The van der Waals surface area contributed by atoms with E-state index in [-0.39, 0.29) is 37.4 Å². The van der Waals surface area contributed by atoms with Crippen LogP contribution in [0, 0.1) is 12.3 Å². The molecule has 0 aliphatic carbocycles. The van der Waals surface area contributed by atoms with Gasteiger partial charge in [0.2, 0.25) is 29.7 Å². The number of aromatic nitrogens is 9. The van der Waals surface area contributed by atoms with Gasteiger partial charge in [0, 0.05) is 77.7 Å². The van der Waals surface area contributed by atoms with E-state index in [1.807, 2.05) is 11.1 Å². The first-order valence-electron chi connectivity index (χ1n) is 21.3. The first-order valence-corrected chi connectivity index (χ1v) is 21.3. The number of aliphatic hydroxyl groups excluding tert-OH is 1. The average molecular weight is 874 g/mol. The van der Waals surface area contributed by atoms with E-state index in [0.29, 0.717) is 128 Å².